The summed E-state index contributed by atoms with van der Waals surface area (Å²) in [6, 6.07) is 0. The number of likely N-dealkylation sites (tertiary alicyclic amines) is 1. The number of hydrogen-bond acceptors (Lipinski definition) is 6. The first-order valence-electron chi connectivity index (χ1n) is 19.0. The second-order valence-electron chi connectivity index (χ2n) is 17.0. The van der Waals surface area contributed by atoms with Crippen LogP contribution in [-0.4, -0.2) is 68.6 Å². The molecule has 7 nitrogen and oxygen atoms in total. The summed E-state index contributed by atoms with van der Waals surface area (Å²) < 4.78 is 6.03. The third-order valence-electron chi connectivity index (χ3n) is 10.5. The van der Waals surface area contributed by atoms with Gasteiger partial charge in [-0.3, -0.25) is 19.3 Å². The lowest BCUT2D eigenvalue weighted by atomic mass is 9.71. The molecule has 2 fully saturated rings. The normalized spacial score (nSPS) is 21.5. The number of nitrogens with zero attached hydrogens (tertiary/aromatic N) is 2. The number of rotatable bonds is 21. The predicted molar refractivity (Wildman–Crippen MR) is 192 cm³/mol. The van der Waals surface area contributed by atoms with Crippen molar-refractivity contribution >= 4 is 11.8 Å². The SMILES string of the molecule is CCCCCCCCON1C(C)(C)CC(OC(=O)CCCC(=O)C2CC(C)(C)N(CCCCCCCC)C(C)(C)C2)CC1(C)C.O. The fourth-order valence-electron chi connectivity index (χ4n) is 8.70. The van der Waals surface area contributed by atoms with E-state index in [9.17, 15) is 9.59 Å². The van der Waals surface area contributed by atoms with E-state index < -0.39 is 0 Å². The second-order valence-corrected chi connectivity index (χ2v) is 17.0. The topological polar surface area (TPSA) is 90.6 Å². The first-order valence-corrected chi connectivity index (χ1v) is 19.0. The number of carbonyl (C=O) groups is 2. The Kier molecular flexibility index (Phi) is 18.6. The van der Waals surface area contributed by atoms with E-state index in [4.69, 9.17) is 9.57 Å². The van der Waals surface area contributed by atoms with Gasteiger partial charge in [-0.2, -0.15) is 5.06 Å². The maximum Gasteiger partial charge on any atom is 0.306 e. The predicted octanol–water partition coefficient (Wildman–Crippen LogP) is 9.39. The molecule has 2 heterocycles. The van der Waals surface area contributed by atoms with Gasteiger partial charge in [0.05, 0.1) is 6.61 Å². The molecule has 2 aliphatic rings. The molecule has 0 atom stereocenters. The Bertz CT molecular complexity index is 848. The summed E-state index contributed by atoms with van der Waals surface area (Å²) in [5, 5.41) is 2.16. The molecule has 272 valence electrons. The zero-order valence-corrected chi connectivity index (χ0v) is 32.0. The molecular weight excluding hydrogens is 576 g/mol. The summed E-state index contributed by atoms with van der Waals surface area (Å²) in [7, 11) is 0. The van der Waals surface area contributed by atoms with Crippen LogP contribution in [0.1, 0.15) is 191 Å². The molecular formula is C39H76N2O5. The van der Waals surface area contributed by atoms with E-state index in [1.807, 2.05) is 0 Å². The Morgan fingerprint density at radius 3 is 1.61 bits per heavy atom. The largest absolute Gasteiger partial charge is 0.462 e. The number of ketones is 1. The van der Waals surface area contributed by atoms with Crippen LogP contribution in [0.3, 0.4) is 0 Å². The molecule has 0 bridgehead atoms. The van der Waals surface area contributed by atoms with Crippen molar-refractivity contribution in [1.82, 2.24) is 9.96 Å². The Morgan fingerprint density at radius 1 is 0.609 bits per heavy atom. The van der Waals surface area contributed by atoms with E-state index in [1.54, 1.807) is 0 Å². The van der Waals surface area contributed by atoms with E-state index in [-0.39, 0.29) is 45.6 Å². The zero-order chi connectivity index (χ0) is 33.7. The van der Waals surface area contributed by atoms with Crippen molar-refractivity contribution in [2.45, 2.75) is 219 Å². The average molecular weight is 653 g/mol. The number of carbonyl (C=O) groups excluding carboxylic acids is 2. The first-order chi connectivity index (χ1) is 21.1. The molecule has 46 heavy (non-hydrogen) atoms. The van der Waals surface area contributed by atoms with E-state index in [2.05, 4.69) is 79.2 Å². The highest BCUT2D eigenvalue weighted by Crippen LogP contribution is 2.43. The van der Waals surface area contributed by atoms with Crippen molar-refractivity contribution in [2.75, 3.05) is 13.2 Å². The smallest absolute Gasteiger partial charge is 0.306 e. The minimum atomic E-state index is -0.228. The van der Waals surface area contributed by atoms with Crippen LogP contribution in [0.2, 0.25) is 0 Å². The minimum Gasteiger partial charge on any atom is -0.462 e. The highest BCUT2D eigenvalue weighted by Gasteiger charge is 2.48. The van der Waals surface area contributed by atoms with Crippen LogP contribution in [-0.2, 0) is 19.2 Å². The van der Waals surface area contributed by atoms with Crippen LogP contribution in [0, 0.1) is 5.92 Å². The molecule has 2 saturated heterocycles. The summed E-state index contributed by atoms with van der Waals surface area (Å²) in [6.07, 6.45) is 19.8. The quantitative estimate of drug-likeness (QED) is 0.0906. The molecule has 2 aliphatic heterocycles. The summed E-state index contributed by atoms with van der Waals surface area (Å²) in [4.78, 5) is 35.4. The lowest BCUT2D eigenvalue weighted by Gasteiger charge is -2.55. The lowest BCUT2D eigenvalue weighted by molar-refractivity contribution is -0.293. The summed E-state index contributed by atoms with van der Waals surface area (Å²) in [6.45, 7) is 24.4. The summed E-state index contributed by atoms with van der Waals surface area (Å²) in [5.41, 5.74) is -0.461. The molecule has 0 amide bonds. The highest BCUT2D eigenvalue weighted by molar-refractivity contribution is 5.82. The van der Waals surface area contributed by atoms with Crippen molar-refractivity contribution in [3.05, 3.63) is 0 Å². The van der Waals surface area contributed by atoms with Crippen LogP contribution in [0.25, 0.3) is 0 Å². The maximum absolute atomic E-state index is 13.4. The van der Waals surface area contributed by atoms with Crippen LogP contribution in [0.4, 0.5) is 0 Å². The van der Waals surface area contributed by atoms with Gasteiger partial charge in [0, 0.05) is 53.8 Å². The molecule has 2 N–H and O–H groups in total. The maximum atomic E-state index is 13.4. The number of hydrogen-bond donors (Lipinski definition) is 0. The van der Waals surface area contributed by atoms with Crippen molar-refractivity contribution in [2.24, 2.45) is 5.92 Å². The van der Waals surface area contributed by atoms with Crippen molar-refractivity contribution in [1.29, 1.82) is 0 Å². The fraction of sp³-hybridized carbons (Fsp3) is 0.949. The molecule has 2 rings (SSSR count). The van der Waals surface area contributed by atoms with Crippen molar-refractivity contribution in [3.63, 3.8) is 0 Å². The summed E-state index contributed by atoms with van der Waals surface area (Å²) >= 11 is 0. The monoisotopic (exact) mass is 653 g/mol. The van der Waals surface area contributed by atoms with E-state index in [0.29, 0.717) is 25.0 Å². The fourth-order valence-corrected chi connectivity index (χ4v) is 8.70. The number of piperidine rings is 2. The van der Waals surface area contributed by atoms with Gasteiger partial charge >= 0.3 is 5.97 Å². The van der Waals surface area contributed by atoms with Gasteiger partial charge in [0.25, 0.3) is 0 Å². The highest BCUT2D eigenvalue weighted by atomic mass is 16.7. The number of unbranched alkanes of at least 4 members (excludes halogenated alkanes) is 10. The Balaban J connectivity index is 0.0000106. The average Bonchev–Trinajstić information content (AvgIpc) is 2.91. The van der Waals surface area contributed by atoms with Gasteiger partial charge in [0.2, 0.25) is 0 Å². The third kappa shape index (κ3) is 13.8. The molecule has 7 heteroatoms. The van der Waals surface area contributed by atoms with Gasteiger partial charge in [-0.1, -0.05) is 78.1 Å². The minimum absolute atomic E-state index is 0. The summed E-state index contributed by atoms with van der Waals surface area (Å²) in [5.74, 6) is 0.214. The lowest BCUT2D eigenvalue weighted by Crippen LogP contribution is -2.62. The van der Waals surface area contributed by atoms with Crippen molar-refractivity contribution in [3.8, 4) is 0 Å². The zero-order valence-electron chi connectivity index (χ0n) is 32.0. The number of ether oxygens (including phenoxy) is 1. The second kappa shape index (κ2) is 19.8. The van der Waals surface area contributed by atoms with E-state index >= 15 is 0 Å². The number of esters is 1. The molecule has 0 unspecified atom stereocenters. The molecule has 0 aromatic heterocycles. The van der Waals surface area contributed by atoms with Gasteiger partial charge in [-0.05, 0) is 94.0 Å². The van der Waals surface area contributed by atoms with Gasteiger partial charge < -0.3 is 10.2 Å². The Morgan fingerprint density at radius 2 is 1.09 bits per heavy atom. The van der Waals surface area contributed by atoms with Gasteiger partial charge in [-0.25, -0.2) is 0 Å². The number of hydroxylamine groups is 2. The standard InChI is InChI=1S/C39H74N2O4.H2O/c1-11-13-15-17-19-21-26-40-36(3,4)28-32(29-37(40,5)6)34(42)24-23-25-35(43)45-33-30-38(7,8)41(39(9,10)31-33)44-27-22-20-18-16-14-12-2;/h32-33H,11-31H2,1-10H3;1H2. The Labute approximate surface area is 284 Å². The third-order valence-corrected chi connectivity index (χ3v) is 10.5. The van der Waals surface area contributed by atoms with Crippen LogP contribution >= 0.6 is 0 Å². The van der Waals surface area contributed by atoms with Crippen LogP contribution in [0.5, 0.6) is 0 Å². The van der Waals surface area contributed by atoms with Gasteiger partial charge in [-0.15, -0.1) is 0 Å². The molecule has 0 saturated carbocycles. The molecule has 0 spiro atoms. The van der Waals surface area contributed by atoms with E-state index in [1.165, 1.54) is 70.6 Å². The number of Topliss-reactive ketones (excluding diaryl/α,β-unsaturated/α-hetero) is 1. The Hall–Kier alpha value is -1.02. The van der Waals surface area contributed by atoms with E-state index in [0.717, 1.165) is 45.3 Å². The molecule has 0 aromatic rings. The van der Waals surface area contributed by atoms with Crippen molar-refractivity contribution < 1.29 is 24.6 Å². The van der Waals surface area contributed by atoms with Gasteiger partial charge in [0.1, 0.15) is 11.9 Å². The molecule has 0 aliphatic carbocycles. The van der Waals surface area contributed by atoms with Crippen LogP contribution < -0.4 is 0 Å². The molecule has 0 radical (unpaired) electrons. The first kappa shape index (κ1) is 43.0. The van der Waals surface area contributed by atoms with Gasteiger partial charge in [0.15, 0.2) is 0 Å². The van der Waals surface area contributed by atoms with Crippen LogP contribution in [0.15, 0.2) is 0 Å². The molecule has 0 aromatic carbocycles.